The first-order valence-electron chi connectivity index (χ1n) is 2.30. The maximum atomic E-state index is 9.24. The third-order valence-corrected chi connectivity index (χ3v) is 0.175. The van der Waals surface area contributed by atoms with Gasteiger partial charge < -0.3 is 16.6 Å². The van der Waals surface area contributed by atoms with Crippen LogP contribution in [0, 0.1) is 0 Å². The topological polar surface area (TPSA) is 89.3 Å². The summed E-state index contributed by atoms with van der Waals surface area (Å²) < 4.78 is 0. The second-order valence-electron chi connectivity index (χ2n) is 1.01. The van der Waals surface area contributed by atoms with E-state index in [0.29, 0.717) is 0 Å². The number of carboxylic acids is 1. The van der Waals surface area contributed by atoms with E-state index in [1.807, 2.05) is 6.92 Å². The summed E-state index contributed by atoms with van der Waals surface area (Å²) in [4.78, 5) is 9.24. The number of rotatable bonds is 1. The van der Waals surface area contributed by atoms with Crippen molar-refractivity contribution in [3.05, 3.63) is 0 Å². The summed E-state index contributed by atoms with van der Waals surface area (Å²) in [5.74, 6) is -0.968. The van der Waals surface area contributed by atoms with Crippen LogP contribution in [0.25, 0.3) is 0 Å². The van der Waals surface area contributed by atoms with Gasteiger partial charge in [-0.15, -0.1) is 0 Å². The second kappa shape index (κ2) is 9.63. The van der Waals surface area contributed by atoms with Crippen molar-refractivity contribution in [2.75, 3.05) is 13.1 Å². The maximum Gasteiger partial charge on any atom is 0.317 e. The van der Waals surface area contributed by atoms with Crippen molar-refractivity contribution in [2.24, 2.45) is 11.5 Å². The lowest BCUT2D eigenvalue weighted by atomic mass is 11.3. The van der Waals surface area contributed by atoms with Crippen LogP contribution in [0.3, 0.4) is 0 Å². The van der Waals surface area contributed by atoms with Crippen molar-refractivity contribution in [2.45, 2.75) is 6.92 Å². The Hall–Kier alpha value is -0.610. The Kier molecular flexibility index (Phi) is 12.5. The van der Waals surface area contributed by atoms with Crippen LogP contribution in [0.15, 0.2) is 0 Å². The van der Waals surface area contributed by atoms with Crippen molar-refractivity contribution < 1.29 is 9.90 Å². The monoisotopic (exact) mass is 125 g/mol. The van der Waals surface area contributed by atoms with E-state index in [9.17, 15) is 4.79 Å². The Balaban J connectivity index is 0. The van der Waals surface area contributed by atoms with Gasteiger partial charge >= 0.3 is 5.97 Å². The highest BCUT2D eigenvalue weighted by atomic mass is 16.5. The lowest BCUT2D eigenvalue weighted by Gasteiger charge is -1.73. The number of hydrogen-bond acceptors (Lipinski definition) is 3. The minimum atomic E-state index is -0.968. The van der Waals surface area contributed by atoms with Crippen LogP contribution in [-0.4, -0.2) is 24.2 Å². The van der Waals surface area contributed by atoms with E-state index in [1.54, 1.807) is 0 Å². The molecule has 0 aliphatic rings. The number of aliphatic carboxylic acids is 1. The summed E-state index contributed by atoms with van der Waals surface area (Å²) in [5.41, 5.74) is 9.42. The van der Waals surface area contributed by atoms with E-state index >= 15 is 0 Å². The van der Waals surface area contributed by atoms with Crippen LogP contribution in [-0.2, 0) is 4.79 Å². The summed E-state index contributed by atoms with van der Waals surface area (Å²) in [6, 6.07) is 0. The summed E-state index contributed by atoms with van der Waals surface area (Å²) in [6.07, 6.45) is 0. The average molecular weight is 125 g/mol. The zero-order valence-electron chi connectivity index (χ0n) is 4.92. The molecule has 0 aliphatic carbocycles. The number of carboxylic acid groups (broad SMARTS) is 1. The van der Waals surface area contributed by atoms with Gasteiger partial charge in [0.05, 0.1) is 6.54 Å². The molecular weight excluding hydrogens is 113 g/mol. The maximum absolute atomic E-state index is 9.24. The summed E-state index contributed by atoms with van der Waals surface area (Å²) in [6.45, 7) is 2.38. The minimum Gasteiger partial charge on any atom is -0.480 e. The number of hydrogen-bond donors (Lipinski definition) is 3. The highest BCUT2D eigenvalue weighted by Gasteiger charge is 1.81. The molecule has 0 bridgehead atoms. The lowest BCUT2D eigenvalue weighted by molar-refractivity contribution is -0.135. The molecule has 5 N–H and O–H groups in total. The molecule has 0 aromatic rings. The molecule has 0 fully saturated rings. The van der Waals surface area contributed by atoms with Crippen molar-refractivity contribution in [3.8, 4) is 0 Å². The molecule has 0 saturated heterocycles. The van der Waals surface area contributed by atoms with Gasteiger partial charge in [0.2, 0.25) is 0 Å². The Morgan fingerprint density at radius 2 is 1.75 bits per heavy atom. The Morgan fingerprint density at radius 1 is 1.62 bits per heavy atom. The predicted molar refractivity (Wildman–Crippen MR) is 31.4 cm³/mol. The molecule has 0 atom stereocenters. The standard InChI is InChI=1S/C2H5NO2.C2H7N/c3-1-2(4)5;1-2-3/h1,3H2,(H,4,5);2-3H2,1H3/i1+1,2+1,3+1;2+1,3+1. The summed E-state index contributed by atoms with van der Waals surface area (Å²) in [5, 5.41) is 7.60. The molecule has 50 valence electrons. The Morgan fingerprint density at radius 3 is 1.75 bits per heavy atom. The van der Waals surface area contributed by atoms with Gasteiger partial charge in [-0.1, -0.05) is 6.92 Å². The van der Waals surface area contributed by atoms with Crippen LogP contribution >= 0.6 is 0 Å². The Bertz CT molecular complexity index is 56.0. The van der Waals surface area contributed by atoms with Gasteiger partial charge in [0.25, 0.3) is 0 Å². The van der Waals surface area contributed by atoms with E-state index in [4.69, 9.17) is 10.8 Å². The quantitative estimate of drug-likeness (QED) is 0.309. The van der Waals surface area contributed by atoms with Crippen LogP contribution in [0.2, 0.25) is 0 Å². The molecule has 0 saturated carbocycles. The molecule has 4 heteroatoms. The third-order valence-electron chi connectivity index (χ3n) is 0.175. The van der Waals surface area contributed by atoms with Gasteiger partial charge in [-0.2, -0.15) is 0 Å². The second-order valence-corrected chi connectivity index (χ2v) is 1.01. The Labute approximate surface area is 48.5 Å². The average Bonchev–Trinajstić information content (AvgIpc) is 1.69. The first-order valence-corrected chi connectivity index (χ1v) is 2.30. The molecular formula is C4H12N2O2. The molecule has 0 spiro atoms. The zero-order chi connectivity index (χ0) is 6.99. The molecule has 0 rings (SSSR count). The molecule has 0 aromatic heterocycles. The lowest BCUT2D eigenvalue weighted by Crippen LogP contribution is -2.10. The fourth-order valence-corrected chi connectivity index (χ4v) is 0. The highest BCUT2D eigenvalue weighted by molar-refractivity contribution is 5.68. The van der Waals surface area contributed by atoms with Gasteiger partial charge in [-0.25, -0.2) is 0 Å². The first kappa shape index (κ1) is 10.4. The highest BCUT2D eigenvalue weighted by Crippen LogP contribution is 1.43. The van der Waals surface area contributed by atoms with Crippen molar-refractivity contribution in [1.29, 1.82) is 0 Å². The van der Waals surface area contributed by atoms with Crippen LogP contribution < -0.4 is 11.5 Å². The zero-order valence-corrected chi connectivity index (χ0v) is 4.92. The fraction of sp³-hybridized carbons (Fsp3) is 0.750. The summed E-state index contributed by atoms with van der Waals surface area (Å²) in [7, 11) is 0. The van der Waals surface area contributed by atoms with Crippen molar-refractivity contribution in [3.63, 3.8) is 0 Å². The van der Waals surface area contributed by atoms with E-state index in [0.717, 1.165) is 6.54 Å². The number of nitrogens with two attached hydrogens (primary N) is 2. The van der Waals surface area contributed by atoms with Crippen LogP contribution in [0.1, 0.15) is 6.92 Å². The largest absolute Gasteiger partial charge is 0.480 e. The SMILES string of the molecule is C[13CH2][15NH2].[15NH2][13CH2][13C](=O)O. The first-order chi connectivity index (χ1) is 3.68. The minimum absolute atomic E-state index is 0.278. The smallest absolute Gasteiger partial charge is 0.317 e. The van der Waals surface area contributed by atoms with Gasteiger partial charge in [0, 0.05) is 0 Å². The van der Waals surface area contributed by atoms with Gasteiger partial charge in [0.15, 0.2) is 0 Å². The van der Waals surface area contributed by atoms with Crippen LogP contribution in [0.4, 0.5) is 0 Å². The van der Waals surface area contributed by atoms with Gasteiger partial charge in [-0.3, -0.25) is 4.79 Å². The third kappa shape index (κ3) is 53.8. The number of carbonyl (C=O) groups is 1. The molecule has 0 amide bonds. The molecule has 0 aromatic carbocycles. The van der Waals surface area contributed by atoms with E-state index < -0.39 is 5.97 Å². The van der Waals surface area contributed by atoms with E-state index in [-0.39, 0.29) is 6.54 Å². The summed E-state index contributed by atoms with van der Waals surface area (Å²) >= 11 is 0. The molecule has 8 heavy (non-hydrogen) atoms. The molecule has 0 unspecified atom stereocenters. The molecule has 0 heterocycles. The molecule has 0 radical (unpaired) electrons. The van der Waals surface area contributed by atoms with Crippen molar-refractivity contribution >= 4 is 5.97 Å². The predicted octanol–water partition coefficient (Wildman–Crippen LogP) is -1.01. The fourth-order valence-electron chi connectivity index (χ4n) is 0. The van der Waals surface area contributed by atoms with E-state index in [1.165, 1.54) is 0 Å². The molecule has 4 nitrogen and oxygen atoms in total. The van der Waals surface area contributed by atoms with Gasteiger partial charge in [-0.05, 0) is 6.54 Å². The van der Waals surface area contributed by atoms with Gasteiger partial charge in [0.1, 0.15) is 0 Å². The molecule has 0 aliphatic heterocycles. The van der Waals surface area contributed by atoms with E-state index in [2.05, 4.69) is 5.73 Å². The van der Waals surface area contributed by atoms with Crippen molar-refractivity contribution in [1.82, 2.24) is 0 Å². The van der Waals surface area contributed by atoms with Crippen LogP contribution in [0.5, 0.6) is 0 Å². The normalized spacial score (nSPS) is 6.88.